The fourth-order valence-electron chi connectivity index (χ4n) is 3.01. The molecule has 1 aromatic rings. The van der Waals surface area contributed by atoms with Crippen molar-refractivity contribution in [2.24, 2.45) is 0 Å². The molecule has 1 aliphatic heterocycles. The van der Waals surface area contributed by atoms with Crippen LogP contribution in [0.25, 0.3) is 0 Å². The maximum absolute atomic E-state index is 9.98. The van der Waals surface area contributed by atoms with Crippen molar-refractivity contribution in [3.8, 4) is 0 Å². The summed E-state index contributed by atoms with van der Waals surface area (Å²) in [5.74, 6) is 1.75. The second-order valence-electron chi connectivity index (χ2n) is 6.05. The third kappa shape index (κ3) is 3.11. The molecule has 1 unspecified atom stereocenters. The first-order chi connectivity index (χ1) is 10.1. The average Bonchev–Trinajstić information content (AvgIpc) is 2.70. The molecular weight excluding hydrogens is 268 g/mol. The highest BCUT2D eigenvalue weighted by Gasteiger charge is 2.25. The van der Waals surface area contributed by atoms with E-state index in [0.717, 1.165) is 31.2 Å². The first-order valence-corrected chi connectivity index (χ1v) is 7.73. The molecule has 2 aliphatic rings. The van der Waals surface area contributed by atoms with Gasteiger partial charge in [0.25, 0.3) is 0 Å². The SMILES string of the molecule is CN(C)c1nc2c(c(N3CCOCC(O)C3)n1)CCCC2. The summed E-state index contributed by atoms with van der Waals surface area (Å²) in [5, 5.41) is 9.98. The largest absolute Gasteiger partial charge is 0.389 e. The molecule has 116 valence electrons. The summed E-state index contributed by atoms with van der Waals surface area (Å²) in [6.07, 6.45) is 3.99. The molecule has 3 rings (SSSR count). The summed E-state index contributed by atoms with van der Waals surface area (Å²) >= 11 is 0. The second kappa shape index (κ2) is 6.15. The van der Waals surface area contributed by atoms with E-state index in [4.69, 9.17) is 14.7 Å². The molecule has 1 fully saturated rings. The number of aryl methyl sites for hydroxylation is 1. The quantitative estimate of drug-likeness (QED) is 0.862. The van der Waals surface area contributed by atoms with Gasteiger partial charge in [0.1, 0.15) is 5.82 Å². The van der Waals surface area contributed by atoms with Crippen LogP contribution in [0.4, 0.5) is 11.8 Å². The van der Waals surface area contributed by atoms with Gasteiger partial charge in [0, 0.05) is 32.7 Å². The fourth-order valence-corrected chi connectivity index (χ4v) is 3.01. The summed E-state index contributed by atoms with van der Waals surface area (Å²) in [4.78, 5) is 13.6. The van der Waals surface area contributed by atoms with Crippen molar-refractivity contribution in [1.82, 2.24) is 9.97 Å². The van der Waals surface area contributed by atoms with Gasteiger partial charge in [0.15, 0.2) is 0 Å². The lowest BCUT2D eigenvalue weighted by Gasteiger charge is -2.29. The van der Waals surface area contributed by atoms with Crippen LogP contribution in [0, 0.1) is 0 Å². The maximum Gasteiger partial charge on any atom is 0.227 e. The van der Waals surface area contributed by atoms with Crippen LogP contribution in [0.3, 0.4) is 0 Å². The van der Waals surface area contributed by atoms with E-state index >= 15 is 0 Å². The minimum atomic E-state index is -0.454. The predicted molar refractivity (Wildman–Crippen MR) is 82.0 cm³/mol. The average molecular weight is 292 g/mol. The number of rotatable bonds is 2. The number of hydrogen-bond donors (Lipinski definition) is 1. The van der Waals surface area contributed by atoms with Gasteiger partial charge >= 0.3 is 0 Å². The Morgan fingerprint density at radius 1 is 1.24 bits per heavy atom. The van der Waals surface area contributed by atoms with Crippen LogP contribution in [0.15, 0.2) is 0 Å². The number of aromatic nitrogens is 2. The highest BCUT2D eigenvalue weighted by Crippen LogP contribution is 2.30. The van der Waals surface area contributed by atoms with Crippen LogP contribution in [0.2, 0.25) is 0 Å². The molecule has 1 saturated heterocycles. The molecular formula is C15H24N4O2. The van der Waals surface area contributed by atoms with Gasteiger partial charge in [-0.15, -0.1) is 0 Å². The van der Waals surface area contributed by atoms with Gasteiger partial charge in [0.2, 0.25) is 5.95 Å². The molecule has 21 heavy (non-hydrogen) atoms. The van der Waals surface area contributed by atoms with Gasteiger partial charge in [0.05, 0.1) is 25.0 Å². The zero-order valence-electron chi connectivity index (χ0n) is 12.9. The second-order valence-corrected chi connectivity index (χ2v) is 6.05. The Morgan fingerprint density at radius 3 is 2.86 bits per heavy atom. The maximum atomic E-state index is 9.98. The van der Waals surface area contributed by atoms with Gasteiger partial charge in [-0.05, 0) is 25.7 Å². The molecule has 1 N–H and O–H groups in total. The Bertz CT molecular complexity index is 507. The van der Waals surface area contributed by atoms with Crippen molar-refractivity contribution in [2.45, 2.75) is 31.8 Å². The van der Waals surface area contributed by atoms with E-state index in [2.05, 4.69) is 4.90 Å². The zero-order valence-corrected chi connectivity index (χ0v) is 12.9. The molecule has 0 bridgehead atoms. The van der Waals surface area contributed by atoms with Gasteiger partial charge in [-0.2, -0.15) is 4.98 Å². The minimum Gasteiger partial charge on any atom is -0.389 e. The smallest absolute Gasteiger partial charge is 0.227 e. The Morgan fingerprint density at radius 2 is 2.05 bits per heavy atom. The van der Waals surface area contributed by atoms with Crippen LogP contribution < -0.4 is 9.80 Å². The molecule has 1 atom stereocenters. The number of ether oxygens (including phenoxy) is 1. The Kier molecular flexibility index (Phi) is 4.26. The predicted octanol–water partition coefficient (Wildman–Crippen LogP) is 0.619. The summed E-state index contributed by atoms with van der Waals surface area (Å²) in [7, 11) is 3.93. The molecule has 1 aliphatic carbocycles. The van der Waals surface area contributed by atoms with E-state index in [1.807, 2.05) is 19.0 Å². The van der Waals surface area contributed by atoms with E-state index in [9.17, 15) is 5.11 Å². The van der Waals surface area contributed by atoms with Crippen molar-refractivity contribution in [1.29, 1.82) is 0 Å². The van der Waals surface area contributed by atoms with E-state index in [1.54, 1.807) is 0 Å². The number of fused-ring (bicyclic) bond motifs is 1. The highest BCUT2D eigenvalue weighted by molar-refractivity contribution is 5.54. The van der Waals surface area contributed by atoms with Crippen molar-refractivity contribution < 1.29 is 9.84 Å². The van der Waals surface area contributed by atoms with Crippen LogP contribution >= 0.6 is 0 Å². The number of aliphatic hydroxyl groups excluding tert-OH is 1. The number of anilines is 2. The van der Waals surface area contributed by atoms with Crippen molar-refractivity contribution >= 4 is 11.8 Å². The van der Waals surface area contributed by atoms with E-state index in [-0.39, 0.29) is 0 Å². The number of nitrogens with zero attached hydrogens (tertiary/aromatic N) is 4. The number of aliphatic hydroxyl groups is 1. The van der Waals surface area contributed by atoms with Gasteiger partial charge in [-0.3, -0.25) is 0 Å². The third-order valence-electron chi connectivity index (χ3n) is 4.10. The lowest BCUT2D eigenvalue weighted by atomic mass is 9.96. The first-order valence-electron chi connectivity index (χ1n) is 7.73. The molecule has 0 aromatic carbocycles. The fraction of sp³-hybridized carbons (Fsp3) is 0.733. The van der Waals surface area contributed by atoms with E-state index in [0.29, 0.717) is 19.8 Å². The molecule has 2 heterocycles. The monoisotopic (exact) mass is 292 g/mol. The van der Waals surface area contributed by atoms with E-state index < -0.39 is 6.10 Å². The van der Waals surface area contributed by atoms with E-state index in [1.165, 1.54) is 24.1 Å². The topological polar surface area (TPSA) is 61.7 Å². The van der Waals surface area contributed by atoms with Gasteiger partial charge < -0.3 is 19.6 Å². The first kappa shape index (κ1) is 14.5. The third-order valence-corrected chi connectivity index (χ3v) is 4.10. The van der Waals surface area contributed by atoms with Crippen LogP contribution in [-0.2, 0) is 17.6 Å². The molecule has 0 spiro atoms. The van der Waals surface area contributed by atoms with Crippen LogP contribution in [-0.4, -0.2) is 61.6 Å². The molecule has 0 radical (unpaired) electrons. The minimum absolute atomic E-state index is 0.407. The molecule has 6 heteroatoms. The lowest BCUT2D eigenvalue weighted by Crippen LogP contribution is -2.35. The Hall–Kier alpha value is -1.40. The summed E-state index contributed by atoms with van der Waals surface area (Å²) in [6.45, 7) is 2.39. The Balaban J connectivity index is 2.00. The number of β-amino-alcohol motifs (C(OH)–C–C–N with tert-alkyl or cyclic N) is 1. The number of hydrogen-bond acceptors (Lipinski definition) is 6. The van der Waals surface area contributed by atoms with Gasteiger partial charge in [-0.25, -0.2) is 4.98 Å². The molecule has 1 aromatic heterocycles. The van der Waals surface area contributed by atoms with Crippen molar-refractivity contribution in [3.63, 3.8) is 0 Å². The molecule has 0 amide bonds. The van der Waals surface area contributed by atoms with Gasteiger partial charge in [-0.1, -0.05) is 0 Å². The van der Waals surface area contributed by atoms with Crippen LogP contribution in [0.1, 0.15) is 24.1 Å². The summed E-state index contributed by atoms with van der Waals surface area (Å²) < 4.78 is 5.43. The molecule has 6 nitrogen and oxygen atoms in total. The zero-order chi connectivity index (χ0) is 14.8. The van der Waals surface area contributed by atoms with Crippen LogP contribution in [0.5, 0.6) is 0 Å². The summed E-state index contributed by atoms with van der Waals surface area (Å²) in [6, 6.07) is 0. The van der Waals surface area contributed by atoms with Crippen molar-refractivity contribution in [2.75, 3.05) is 50.2 Å². The Labute approximate surface area is 125 Å². The standard InChI is InChI=1S/C15H24N4O2/c1-18(2)15-16-13-6-4-3-5-12(13)14(17-15)19-7-8-21-10-11(20)9-19/h11,20H,3-10H2,1-2H3. The van der Waals surface area contributed by atoms with Crippen molar-refractivity contribution in [3.05, 3.63) is 11.3 Å². The molecule has 0 saturated carbocycles. The highest BCUT2D eigenvalue weighted by atomic mass is 16.5. The summed E-state index contributed by atoms with van der Waals surface area (Å²) in [5.41, 5.74) is 2.44. The lowest BCUT2D eigenvalue weighted by molar-refractivity contribution is 0.0597. The normalized spacial score (nSPS) is 22.6.